The van der Waals surface area contributed by atoms with Crippen LogP contribution in [0, 0.1) is 24.0 Å². The van der Waals surface area contributed by atoms with E-state index in [0.717, 1.165) is 0 Å². The van der Waals surface area contributed by atoms with Gasteiger partial charge >= 0.3 is 16.1 Å². The second kappa shape index (κ2) is 8.15. The molecule has 166 valence electrons. The van der Waals surface area contributed by atoms with E-state index in [1.54, 1.807) is 13.0 Å². The molecule has 1 aliphatic rings. The van der Waals surface area contributed by atoms with E-state index in [0.29, 0.717) is 31.6 Å². The molecule has 2 heterocycles. The maximum Gasteiger partial charge on any atom is 0.346 e. The molecule has 0 aliphatic carbocycles. The highest BCUT2D eigenvalue weighted by molar-refractivity contribution is 8.15. The van der Waals surface area contributed by atoms with Crippen LogP contribution >= 0.6 is 23.1 Å². The first kappa shape index (κ1) is 22.2. The van der Waals surface area contributed by atoms with Gasteiger partial charge in [0.1, 0.15) is 15.8 Å². The second-order valence-electron chi connectivity index (χ2n) is 6.97. The Bertz CT molecular complexity index is 1410. The van der Waals surface area contributed by atoms with Crippen molar-refractivity contribution < 1.29 is 27.4 Å². The number of hydrogen-bond donors (Lipinski definition) is 1. The number of nitro benzene ring substituents is 1. The monoisotopic (exact) mass is 493 g/mol. The fourth-order valence-corrected chi connectivity index (χ4v) is 6.60. The fraction of sp³-hybridized carbons (Fsp3) is 0.211. The maximum absolute atomic E-state index is 12.9. The van der Waals surface area contributed by atoms with E-state index in [2.05, 4.69) is 9.98 Å². The van der Waals surface area contributed by atoms with Crippen molar-refractivity contribution in [1.29, 1.82) is 0 Å². The minimum absolute atomic E-state index is 0.0219. The molecule has 10 nitrogen and oxygen atoms in total. The van der Waals surface area contributed by atoms with Crippen molar-refractivity contribution >= 4 is 60.1 Å². The summed E-state index contributed by atoms with van der Waals surface area (Å²) in [6, 6.07) is 6.34. The largest absolute Gasteiger partial charge is 0.480 e. The van der Waals surface area contributed by atoms with Crippen LogP contribution in [0.1, 0.15) is 16.1 Å². The average Bonchev–Trinajstić information content (AvgIpc) is 3.33. The molecule has 4 rings (SSSR count). The van der Waals surface area contributed by atoms with E-state index >= 15 is 0 Å². The average molecular weight is 494 g/mol. The topological polar surface area (TPSA) is 149 Å². The lowest BCUT2D eigenvalue weighted by atomic mass is 10.1. The molecule has 32 heavy (non-hydrogen) atoms. The summed E-state index contributed by atoms with van der Waals surface area (Å²) in [7, 11) is -4.48. The lowest BCUT2D eigenvalue weighted by Gasteiger charge is -2.10. The van der Waals surface area contributed by atoms with Crippen LogP contribution in [0.4, 0.5) is 5.69 Å². The third-order valence-electron chi connectivity index (χ3n) is 4.53. The standard InChI is InChI=1S/C19H15N3O7S3/c1-9-5-10(2)16(14(6-9)22(25)26)32(27,28)29-11-3-4-12-15(7-11)31-18(20-12)17-21-13(8-30-17)19(23)24/h3-7,13H,8H2,1-2H3,(H,23,24). The van der Waals surface area contributed by atoms with Gasteiger partial charge in [0.2, 0.25) is 0 Å². The predicted octanol–water partition coefficient (Wildman–Crippen LogP) is 3.54. The van der Waals surface area contributed by atoms with Crippen molar-refractivity contribution in [3.05, 3.63) is 56.6 Å². The predicted molar refractivity (Wildman–Crippen MR) is 120 cm³/mol. The number of rotatable bonds is 6. The van der Waals surface area contributed by atoms with E-state index < -0.39 is 37.6 Å². The molecular weight excluding hydrogens is 478 g/mol. The number of carboxylic acids is 1. The van der Waals surface area contributed by atoms with E-state index in [-0.39, 0.29) is 11.3 Å². The molecule has 0 saturated heterocycles. The molecule has 1 atom stereocenters. The first-order valence-electron chi connectivity index (χ1n) is 9.09. The molecule has 3 aromatic rings. The zero-order valence-electron chi connectivity index (χ0n) is 16.6. The number of carbonyl (C=O) groups is 1. The molecule has 0 saturated carbocycles. The lowest BCUT2D eigenvalue weighted by molar-refractivity contribution is -0.388. The van der Waals surface area contributed by atoms with E-state index in [1.807, 2.05) is 0 Å². The number of thiazole rings is 1. The summed E-state index contributed by atoms with van der Waals surface area (Å²) in [5, 5.41) is 21.6. The number of aryl methyl sites for hydroxylation is 2. The van der Waals surface area contributed by atoms with Gasteiger partial charge in [-0.3, -0.25) is 15.1 Å². The molecule has 0 bridgehead atoms. The van der Waals surface area contributed by atoms with Gasteiger partial charge in [0.25, 0.3) is 5.69 Å². The van der Waals surface area contributed by atoms with Gasteiger partial charge < -0.3 is 9.29 Å². The van der Waals surface area contributed by atoms with E-state index in [4.69, 9.17) is 9.29 Å². The molecule has 0 radical (unpaired) electrons. The molecule has 0 fully saturated rings. The first-order chi connectivity index (χ1) is 15.0. The Kier molecular flexibility index (Phi) is 5.65. The van der Waals surface area contributed by atoms with Crippen LogP contribution in [0.25, 0.3) is 10.2 Å². The SMILES string of the molecule is Cc1cc(C)c(S(=O)(=O)Oc2ccc3nc(C4=NC(C(=O)O)CS4)sc3c2)c([N+](=O)[O-])c1. The molecule has 1 aliphatic heterocycles. The number of benzene rings is 2. The van der Waals surface area contributed by atoms with Crippen LogP contribution in [-0.2, 0) is 14.9 Å². The van der Waals surface area contributed by atoms with Crippen LogP contribution in [-0.4, -0.2) is 46.2 Å². The molecule has 1 aromatic heterocycles. The first-order valence-corrected chi connectivity index (χ1v) is 12.3. The van der Waals surface area contributed by atoms with Crippen molar-refractivity contribution in [3.8, 4) is 5.75 Å². The Hall–Kier alpha value is -3.03. The third kappa shape index (κ3) is 4.18. The van der Waals surface area contributed by atoms with Gasteiger partial charge in [-0.2, -0.15) is 8.42 Å². The van der Waals surface area contributed by atoms with Crippen LogP contribution in [0.15, 0.2) is 40.2 Å². The molecular formula is C19H15N3O7S3. The highest BCUT2D eigenvalue weighted by Crippen LogP contribution is 2.34. The Morgan fingerprint density at radius 1 is 1.28 bits per heavy atom. The van der Waals surface area contributed by atoms with Crippen molar-refractivity contribution in [1.82, 2.24) is 4.98 Å². The number of carboxylic acid groups (broad SMARTS) is 1. The summed E-state index contributed by atoms with van der Waals surface area (Å²) in [6.07, 6.45) is 0. The summed E-state index contributed by atoms with van der Waals surface area (Å²) in [4.78, 5) is 29.9. The molecule has 1 unspecified atom stereocenters. The molecule has 0 spiro atoms. The van der Waals surface area contributed by atoms with Crippen molar-refractivity contribution in [2.75, 3.05) is 5.75 Å². The van der Waals surface area contributed by atoms with Gasteiger partial charge in [-0.25, -0.2) is 9.78 Å². The highest BCUT2D eigenvalue weighted by Gasteiger charge is 2.31. The van der Waals surface area contributed by atoms with Crippen LogP contribution in [0.2, 0.25) is 0 Å². The molecule has 1 N–H and O–H groups in total. The van der Waals surface area contributed by atoms with Gasteiger partial charge in [0.05, 0.1) is 15.1 Å². The lowest BCUT2D eigenvalue weighted by Crippen LogP contribution is -2.17. The number of fused-ring (bicyclic) bond motifs is 1. The van der Waals surface area contributed by atoms with Crippen LogP contribution in [0.3, 0.4) is 0 Å². The summed E-state index contributed by atoms with van der Waals surface area (Å²) in [5.41, 5.74) is 0.786. The smallest absolute Gasteiger partial charge is 0.346 e. The third-order valence-corrected chi connectivity index (χ3v) is 8.18. The highest BCUT2D eigenvalue weighted by atomic mass is 32.2. The number of nitro groups is 1. The van der Waals surface area contributed by atoms with Gasteiger partial charge in [0.15, 0.2) is 10.9 Å². The summed E-state index contributed by atoms with van der Waals surface area (Å²) >= 11 is 2.51. The number of thioether (sulfide) groups is 1. The zero-order chi connectivity index (χ0) is 23.2. The van der Waals surface area contributed by atoms with Crippen molar-refractivity contribution in [2.24, 2.45) is 4.99 Å². The number of hydrogen-bond acceptors (Lipinski definition) is 10. The van der Waals surface area contributed by atoms with E-state index in [1.165, 1.54) is 54.3 Å². The Morgan fingerprint density at radius 2 is 2.03 bits per heavy atom. The van der Waals surface area contributed by atoms with Crippen molar-refractivity contribution in [3.63, 3.8) is 0 Å². The molecule has 13 heteroatoms. The van der Waals surface area contributed by atoms with Crippen LogP contribution < -0.4 is 4.18 Å². The summed E-state index contributed by atoms with van der Waals surface area (Å²) in [5.74, 6) is -0.705. The van der Waals surface area contributed by atoms with Crippen LogP contribution in [0.5, 0.6) is 5.75 Å². The number of nitrogens with zero attached hydrogens (tertiary/aromatic N) is 3. The fourth-order valence-electron chi connectivity index (χ4n) is 3.23. The number of aromatic nitrogens is 1. The number of aliphatic carboxylic acids is 1. The summed E-state index contributed by atoms with van der Waals surface area (Å²) in [6.45, 7) is 3.11. The van der Waals surface area contributed by atoms with E-state index in [9.17, 15) is 23.3 Å². The Labute approximate surface area is 190 Å². The minimum Gasteiger partial charge on any atom is -0.480 e. The Morgan fingerprint density at radius 3 is 2.69 bits per heavy atom. The molecule has 0 amide bonds. The van der Waals surface area contributed by atoms with Gasteiger partial charge in [-0.15, -0.1) is 23.1 Å². The van der Waals surface area contributed by atoms with Gasteiger partial charge in [0, 0.05) is 17.9 Å². The quantitative estimate of drug-likeness (QED) is 0.309. The number of aliphatic imine (C=N–C) groups is 1. The van der Waals surface area contributed by atoms with Gasteiger partial charge in [-0.1, -0.05) is 6.07 Å². The Balaban J connectivity index is 1.68. The maximum atomic E-state index is 12.9. The molecule has 2 aromatic carbocycles. The van der Waals surface area contributed by atoms with Crippen molar-refractivity contribution in [2.45, 2.75) is 24.8 Å². The normalized spacial score (nSPS) is 16.2. The second-order valence-corrected chi connectivity index (χ2v) is 10.5. The van der Waals surface area contributed by atoms with Gasteiger partial charge in [-0.05, 0) is 37.1 Å². The minimum atomic E-state index is -4.48. The summed E-state index contributed by atoms with van der Waals surface area (Å²) < 4.78 is 31.6. The zero-order valence-corrected chi connectivity index (χ0v) is 19.1.